The Morgan fingerprint density at radius 1 is 0.952 bits per heavy atom. The Balaban J connectivity index is 4.56. The van der Waals surface area contributed by atoms with E-state index in [0.717, 1.165) is 6.42 Å². The summed E-state index contributed by atoms with van der Waals surface area (Å²) in [4.78, 5) is 24.3. The summed E-state index contributed by atoms with van der Waals surface area (Å²) in [5.74, 6) is 0.946. The minimum absolute atomic E-state index is 0.0947. The number of ketones is 2. The number of hydrogen-bond acceptors (Lipinski definition) is 3. The molecule has 0 saturated heterocycles. The molecule has 0 unspecified atom stereocenters. The Morgan fingerprint density at radius 3 is 1.86 bits per heavy atom. The largest absolute Gasteiger partial charge is 0.368 e. The summed E-state index contributed by atoms with van der Waals surface area (Å²) in [5, 5.41) is 0. The summed E-state index contributed by atoms with van der Waals surface area (Å²) in [6, 6.07) is 0. The van der Waals surface area contributed by atoms with Gasteiger partial charge in [-0.2, -0.15) is 0 Å². The fourth-order valence-corrected chi connectivity index (χ4v) is 2.15. The number of rotatable bonds is 8. The second-order valence-electron chi connectivity index (χ2n) is 8.52. The zero-order valence-electron chi connectivity index (χ0n) is 15.2. The molecule has 0 aromatic rings. The van der Waals surface area contributed by atoms with Crippen LogP contribution in [0.1, 0.15) is 74.7 Å². The van der Waals surface area contributed by atoms with Crippen molar-refractivity contribution in [1.82, 2.24) is 0 Å². The van der Waals surface area contributed by atoms with E-state index in [1.165, 1.54) is 0 Å². The third-order valence-electron chi connectivity index (χ3n) is 3.30. The van der Waals surface area contributed by atoms with Gasteiger partial charge in [0.05, 0.1) is 5.60 Å². The molecule has 0 heterocycles. The smallest absolute Gasteiger partial charge is 0.158 e. The van der Waals surface area contributed by atoms with Crippen molar-refractivity contribution < 1.29 is 14.3 Å². The van der Waals surface area contributed by atoms with E-state index in [-0.39, 0.29) is 35.1 Å². The first-order valence-electron chi connectivity index (χ1n) is 8.00. The Morgan fingerprint density at radius 2 is 1.48 bits per heavy atom. The molecule has 0 aromatic carbocycles. The van der Waals surface area contributed by atoms with Crippen molar-refractivity contribution in [3.63, 3.8) is 0 Å². The summed E-state index contributed by atoms with van der Waals surface area (Å²) in [7, 11) is 0. The second-order valence-corrected chi connectivity index (χ2v) is 8.52. The van der Waals surface area contributed by atoms with Gasteiger partial charge in [-0.25, -0.2) is 0 Å². The molecule has 0 saturated carbocycles. The minimum atomic E-state index is -0.333. The first-order chi connectivity index (χ1) is 9.31. The first kappa shape index (κ1) is 20.3. The number of hydrogen-bond donors (Lipinski definition) is 0. The molecule has 0 amide bonds. The van der Waals surface area contributed by atoms with Gasteiger partial charge in [0.1, 0.15) is 12.4 Å². The van der Waals surface area contributed by atoms with Crippen molar-refractivity contribution in [3.05, 3.63) is 0 Å². The number of Topliss-reactive ketones (excluding diaryl/α,β-unsaturated/α-hetero) is 2. The number of ether oxygens (including phenoxy) is 1. The average Bonchev–Trinajstić information content (AvgIpc) is 2.23. The zero-order chi connectivity index (χ0) is 16.8. The molecule has 0 aliphatic heterocycles. The Hall–Kier alpha value is -0.700. The van der Waals surface area contributed by atoms with Crippen molar-refractivity contribution in [3.8, 4) is 0 Å². The summed E-state index contributed by atoms with van der Waals surface area (Å²) in [6.45, 7) is 16.0. The molecule has 124 valence electrons. The summed E-state index contributed by atoms with van der Waals surface area (Å²) >= 11 is 0. The maximum Gasteiger partial charge on any atom is 0.158 e. The standard InChI is InChI=1S/C18H34O3/c1-13(2)9-14(11-16(20)17(3,4)5)10-15(19)12-21-18(6,7)8/h13-14H,9-12H2,1-8H3/t14-/m1/s1. The zero-order valence-corrected chi connectivity index (χ0v) is 15.2. The highest BCUT2D eigenvalue weighted by Crippen LogP contribution is 2.26. The van der Waals surface area contributed by atoms with Crippen LogP contribution in [0.15, 0.2) is 0 Å². The predicted molar refractivity (Wildman–Crippen MR) is 87.4 cm³/mol. The fourth-order valence-electron chi connectivity index (χ4n) is 2.15. The van der Waals surface area contributed by atoms with E-state index in [1.807, 2.05) is 41.5 Å². The van der Waals surface area contributed by atoms with Gasteiger partial charge in [0.25, 0.3) is 0 Å². The molecular weight excluding hydrogens is 264 g/mol. The maximum atomic E-state index is 12.2. The molecule has 0 fully saturated rings. The van der Waals surface area contributed by atoms with E-state index in [9.17, 15) is 9.59 Å². The van der Waals surface area contributed by atoms with E-state index in [0.29, 0.717) is 18.8 Å². The van der Waals surface area contributed by atoms with Crippen molar-refractivity contribution in [2.24, 2.45) is 17.3 Å². The molecular formula is C18H34O3. The van der Waals surface area contributed by atoms with Gasteiger partial charge in [0, 0.05) is 18.3 Å². The van der Waals surface area contributed by atoms with Crippen molar-refractivity contribution >= 4 is 11.6 Å². The van der Waals surface area contributed by atoms with Gasteiger partial charge < -0.3 is 4.74 Å². The van der Waals surface area contributed by atoms with Gasteiger partial charge in [-0.3, -0.25) is 9.59 Å². The van der Waals surface area contributed by atoms with Crippen molar-refractivity contribution in [2.45, 2.75) is 80.3 Å². The van der Waals surface area contributed by atoms with E-state index < -0.39 is 0 Å². The number of carbonyl (C=O) groups is 2. The van der Waals surface area contributed by atoms with Gasteiger partial charge in [0.15, 0.2) is 5.78 Å². The molecule has 0 radical (unpaired) electrons. The molecule has 0 rings (SSSR count). The van der Waals surface area contributed by atoms with Crippen LogP contribution in [0, 0.1) is 17.3 Å². The normalized spacial score (nSPS) is 14.3. The quantitative estimate of drug-likeness (QED) is 0.666. The lowest BCUT2D eigenvalue weighted by atomic mass is 9.81. The highest BCUT2D eigenvalue weighted by molar-refractivity contribution is 5.85. The fraction of sp³-hybridized carbons (Fsp3) is 0.889. The third-order valence-corrected chi connectivity index (χ3v) is 3.30. The van der Waals surface area contributed by atoms with E-state index in [1.54, 1.807) is 0 Å². The Bertz CT molecular complexity index is 342. The lowest BCUT2D eigenvalue weighted by Gasteiger charge is -2.24. The van der Waals surface area contributed by atoms with Crippen molar-refractivity contribution in [1.29, 1.82) is 0 Å². The molecule has 21 heavy (non-hydrogen) atoms. The second kappa shape index (κ2) is 8.07. The Kier molecular flexibility index (Phi) is 7.80. The van der Waals surface area contributed by atoms with Gasteiger partial charge >= 0.3 is 0 Å². The maximum absolute atomic E-state index is 12.2. The van der Waals surface area contributed by atoms with Crippen LogP contribution in [0.3, 0.4) is 0 Å². The minimum Gasteiger partial charge on any atom is -0.368 e. The molecule has 0 spiro atoms. The van der Waals surface area contributed by atoms with Gasteiger partial charge in [0.2, 0.25) is 0 Å². The third kappa shape index (κ3) is 10.6. The molecule has 3 heteroatoms. The average molecular weight is 298 g/mol. The lowest BCUT2D eigenvalue weighted by Crippen LogP contribution is -2.27. The monoisotopic (exact) mass is 298 g/mol. The first-order valence-corrected chi connectivity index (χ1v) is 8.00. The van der Waals surface area contributed by atoms with Crippen LogP contribution >= 0.6 is 0 Å². The van der Waals surface area contributed by atoms with E-state index in [4.69, 9.17) is 4.74 Å². The van der Waals surface area contributed by atoms with Gasteiger partial charge in [-0.1, -0.05) is 34.6 Å². The van der Waals surface area contributed by atoms with Crippen LogP contribution < -0.4 is 0 Å². The SMILES string of the molecule is CC(C)C[C@H](CC(=O)COC(C)(C)C)CC(=O)C(C)(C)C. The van der Waals surface area contributed by atoms with Crippen LogP contribution in [0.25, 0.3) is 0 Å². The molecule has 3 nitrogen and oxygen atoms in total. The highest BCUT2D eigenvalue weighted by Gasteiger charge is 2.26. The predicted octanol–water partition coefficient (Wildman–Crippen LogP) is 4.43. The summed E-state index contributed by atoms with van der Waals surface area (Å²) in [5.41, 5.74) is -0.634. The van der Waals surface area contributed by atoms with Crippen LogP contribution in [0.2, 0.25) is 0 Å². The topological polar surface area (TPSA) is 43.4 Å². The van der Waals surface area contributed by atoms with E-state index in [2.05, 4.69) is 13.8 Å². The number of carbonyl (C=O) groups excluding carboxylic acids is 2. The summed E-state index contributed by atoms with van der Waals surface area (Å²) in [6.07, 6.45) is 1.84. The molecule has 1 atom stereocenters. The van der Waals surface area contributed by atoms with E-state index >= 15 is 0 Å². The van der Waals surface area contributed by atoms with Crippen molar-refractivity contribution in [2.75, 3.05) is 6.61 Å². The molecule has 0 bridgehead atoms. The molecule has 0 N–H and O–H groups in total. The van der Waals surface area contributed by atoms with Crippen LogP contribution in [-0.4, -0.2) is 23.8 Å². The van der Waals surface area contributed by atoms with Crippen LogP contribution in [-0.2, 0) is 14.3 Å². The van der Waals surface area contributed by atoms with Crippen LogP contribution in [0.4, 0.5) is 0 Å². The lowest BCUT2D eigenvalue weighted by molar-refractivity contribution is -0.131. The molecule has 0 aliphatic carbocycles. The van der Waals surface area contributed by atoms with Crippen LogP contribution in [0.5, 0.6) is 0 Å². The summed E-state index contributed by atoms with van der Waals surface area (Å²) < 4.78 is 5.53. The molecule has 0 aromatic heterocycles. The van der Waals surface area contributed by atoms with Gasteiger partial charge in [-0.15, -0.1) is 0 Å². The Labute approximate surface area is 130 Å². The highest BCUT2D eigenvalue weighted by atomic mass is 16.5. The van der Waals surface area contributed by atoms with Gasteiger partial charge in [-0.05, 0) is 39.0 Å². The molecule has 0 aliphatic rings.